The lowest BCUT2D eigenvalue weighted by molar-refractivity contribution is -0.0498. The number of rotatable bonds is 5. The topological polar surface area (TPSA) is 64.1 Å². The van der Waals surface area contributed by atoms with Gasteiger partial charge in [0.2, 0.25) is 5.13 Å². The molecule has 0 aliphatic heterocycles. The van der Waals surface area contributed by atoms with Gasteiger partial charge in [-0.25, -0.2) is 0 Å². The third kappa shape index (κ3) is 4.21. The molecule has 29 heavy (non-hydrogen) atoms. The molecule has 1 amide bonds. The summed E-state index contributed by atoms with van der Waals surface area (Å²) in [6.45, 7) is -0.911. The Bertz CT molecular complexity index is 1190. The summed E-state index contributed by atoms with van der Waals surface area (Å²) in [5, 5.41) is 4.25. The molecule has 0 unspecified atom stereocenters. The molecule has 0 radical (unpaired) electrons. The monoisotopic (exact) mass is 451 g/mol. The number of halogens is 3. The summed E-state index contributed by atoms with van der Waals surface area (Å²) in [5.41, 5.74) is 1.69. The molecule has 2 heterocycles. The summed E-state index contributed by atoms with van der Waals surface area (Å²) in [4.78, 5) is 17.3. The van der Waals surface area contributed by atoms with E-state index in [1.165, 1.54) is 23.5 Å². The lowest BCUT2D eigenvalue weighted by Gasteiger charge is -2.04. The van der Waals surface area contributed by atoms with Crippen LogP contribution in [0.2, 0.25) is 5.02 Å². The summed E-state index contributed by atoms with van der Waals surface area (Å²) in [6, 6.07) is 11.8. The molecule has 0 spiro atoms. The molecule has 2 aromatic carbocycles. The lowest BCUT2D eigenvalue weighted by Crippen LogP contribution is -2.10. The number of nitrogens with zero attached hydrogens (tertiary/aromatic N) is 2. The third-order valence-corrected chi connectivity index (χ3v) is 6.26. The number of anilines is 1. The number of hydrogen-bond donors (Lipinski definition) is 1. The van der Waals surface area contributed by atoms with Gasteiger partial charge in [0.25, 0.3) is 5.91 Å². The Labute approximate surface area is 177 Å². The first kappa shape index (κ1) is 19.7. The number of aryl methyl sites for hydroxylation is 1. The van der Waals surface area contributed by atoms with E-state index in [4.69, 9.17) is 11.6 Å². The van der Waals surface area contributed by atoms with Crippen LogP contribution in [0, 0.1) is 6.92 Å². The van der Waals surface area contributed by atoms with Crippen molar-refractivity contribution in [3.8, 4) is 17.1 Å². The molecule has 0 atom stereocenters. The zero-order chi connectivity index (χ0) is 20.5. The Balaban J connectivity index is 1.52. The van der Waals surface area contributed by atoms with Gasteiger partial charge in [-0.05, 0) is 42.8 Å². The van der Waals surface area contributed by atoms with Crippen LogP contribution in [-0.2, 0) is 0 Å². The highest BCUT2D eigenvalue weighted by Gasteiger charge is 2.19. The fourth-order valence-corrected chi connectivity index (χ4v) is 4.74. The van der Waals surface area contributed by atoms with Gasteiger partial charge in [0, 0.05) is 27.2 Å². The molecule has 2 aromatic heterocycles. The SMILES string of the molecule is Cc1ccc2c(Cl)c(C(=O)Nc3nc(-c4ccc(OC(F)F)cc4)ns3)sc2c1. The number of thiophene rings is 1. The number of nitrogens with one attached hydrogen (secondary N) is 1. The zero-order valence-corrected chi connectivity index (χ0v) is 17.2. The van der Waals surface area contributed by atoms with E-state index in [-0.39, 0.29) is 11.7 Å². The van der Waals surface area contributed by atoms with Gasteiger partial charge in [0.15, 0.2) is 5.82 Å². The van der Waals surface area contributed by atoms with Crippen LogP contribution in [0.5, 0.6) is 5.75 Å². The van der Waals surface area contributed by atoms with Crippen LogP contribution in [0.25, 0.3) is 21.5 Å². The average molecular weight is 452 g/mol. The van der Waals surface area contributed by atoms with E-state index >= 15 is 0 Å². The first-order chi connectivity index (χ1) is 13.9. The number of carbonyl (C=O) groups is 1. The number of carbonyl (C=O) groups excluding carboxylic acids is 1. The maximum Gasteiger partial charge on any atom is 0.387 e. The summed E-state index contributed by atoms with van der Waals surface area (Å²) in [6.07, 6.45) is 0. The normalized spacial score (nSPS) is 11.2. The summed E-state index contributed by atoms with van der Waals surface area (Å²) in [5.74, 6) is 0.0475. The Morgan fingerprint density at radius 3 is 2.69 bits per heavy atom. The van der Waals surface area contributed by atoms with Crippen molar-refractivity contribution in [2.24, 2.45) is 0 Å². The van der Waals surface area contributed by atoms with Gasteiger partial charge in [-0.3, -0.25) is 10.1 Å². The first-order valence-corrected chi connectivity index (χ1v) is 10.3. The van der Waals surface area contributed by atoms with E-state index in [1.54, 1.807) is 12.1 Å². The van der Waals surface area contributed by atoms with Crippen LogP contribution >= 0.6 is 34.5 Å². The highest BCUT2D eigenvalue weighted by atomic mass is 35.5. The van der Waals surface area contributed by atoms with Crippen LogP contribution in [0.4, 0.5) is 13.9 Å². The number of aromatic nitrogens is 2. The second-order valence-corrected chi connectivity index (χ2v) is 8.21. The van der Waals surface area contributed by atoms with Crippen molar-refractivity contribution in [1.82, 2.24) is 9.36 Å². The first-order valence-electron chi connectivity index (χ1n) is 8.29. The average Bonchev–Trinajstić information content (AvgIpc) is 3.26. The molecule has 5 nitrogen and oxygen atoms in total. The maximum atomic E-state index is 12.6. The zero-order valence-electron chi connectivity index (χ0n) is 14.8. The molecular formula is C19H12ClF2N3O2S2. The van der Waals surface area contributed by atoms with Crippen molar-refractivity contribution in [2.45, 2.75) is 13.5 Å². The van der Waals surface area contributed by atoms with Crippen molar-refractivity contribution in [2.75, 3.05) is 5.32 Å². The quantitative estimate of drug-likeness (QED) is 0.390. The van der Waals surface area contributed by atoms with Crippen LogP contribution < -0.4 is 10.1 Å². The van der Waals surface area contributed by atoms with Crippen LogP contribution in [0.1, 0.15) is 15.2 Å². The molecule has 10 heteroatoms. The number of hydrogen-bond acceptors (Lipinski definition) is 6. The predicted molar refractivity (Wildman–Crippen MR) is 112 cm³/mol. The summed E-state index contributed by atoms with van der Waals surface area (Å²) >= 11 is 8.70. The molecule has 0 fully saturated rings. The Kier molecular flexibility index (Phi) is 5.44. The van der Waals surface area contributed by atoms with Crippen molar-refractivity contribution in [3.05, 3.63) is 57.9 Å². The highest BCUT2D eigenvalue weighted by Crippen LogP contribution is 2.36. The molecule has 0 aliphatic carbocycles. The minimum absolute atomic E-state index is 0.0437. The lowest BCUT2D eigenvalue weighted by atomic mass is 10.2. The van der Waals surface area contributed by atoms with Gasteiger partial charge in [0.05, 0.1) is 5.02 Å². The van der Waals surface area contributed by atoms with Gasteiger partial charge in [-0.15, -0.1) is 11.3 Å². The predicted octanol–water partition coefficient (Wildman–Crippen LogP) is 6.24. The minimum Gasteiger partial charge on any atom is -0.435 e. The second-order valence-electron chi connectivity index (χ2n) is 6.02. The molecule has 0 saturated carbocycles. The maximum absolute atomic E-state index is 12.6. The molecule has 1 N–H and O–H groups in total. The smallest absolute Gasteiger partial charge is 0.387 e. The molecule has 148 valence electrons. The summed E-state index contributed by atoms with van der Waals surface area (Å²) in [7, 11) is 0. The fourth-order valence-electron chi connectivity index (χ4n) is 2.65. The minimum atomic E-state index is -2.88. The van der Waals surface area contributed by atoms with Gasteiger partial charge >= 0.3 is 6.61 Å². The molecule has 4 rings (SSSR count). The molecule has 0 saturated heterocycles. The van der Waals surface area contributed by atoms with Crippen molar-refractivity contribution < 1.29 is 18.3 Å². The van der Waals surface area contributed by atoms with E-state index in [0.717, 1.165) is 27.2 Å². The van der Waals surface area contributed by atoms with Gasteiger partial charge in [-0.2, -0.15) is 18.1 Å². The van der Waals surface area contributed by atoms with Gasteiger partial charge in [0.1, 0.15) is 10.6 Å². The van der Waals surface area contributed by atoms with Crippen molar-refractivity contribution in [1.29, 1.82) is 0 Å². The number of alkyl halides is 2. The number of amides is 1. The third-order valence-electron chi connectivity index (χ3n) is 3.98. The van der Waals surface area contributed by atoms with E-state index in [9.17, 15) is 13.6 Å². The molecule has 0 aliphatic rings. The van der Waals surface area contributed by atoms with E-state index in [1.807, 2.05) is 25.1 Å². The van der Waals surface area contributed by atoms with Crippen LogP contribution in [0.3, 0.4) is 0 Å². The largest absolute Gasteiger partial charge is 0.435 e. The number of benzene rings is 2. The molecule has 4 aromatic rings. The molecule has 0 bridgehead atoms. The number of ether oxygens (including phenoxy) is 1. The number of fused-ring (bicyclic) bond motifs is 1. The van der Waals surface area contributed by atoms with Crippen LogP contribution in [-0.4, -0.2) is 21.9 Å². The second kappa shape index (κ2) is 8.02. The van der Waals surface area contributed by atoms with Gasteiger partial charge in [-0.1, -0.05) is 23.7 Å². The standard InChI is InChI=1S/C19H12ClF2N3O2S2/c1-9-2-7-12-13(8-9)28-15(14(12)20)17(26)24-19-23-16(25-29-19)10-3-5-11(6-4-10)27-18(21)22/h2-8,18H,1H3,(H,23,24,25,26). The van der Waals surface area contributed by atoms with Crippen LogP contribution in [0.15, 0.2) is 42.5 Å². The fraction of sp³-hybridized carbons (Fsp3) is 0.105. The van der Waals surface area contributed by atoms with Gasteiger partial charge < -0.3 is 4.74 Å². The Hall–Kier alpha value is -2.62. The highest BCUT2D eigenvalue weighted by molar-refractivity contribution is 7.21. The van der Waals surface area contributed by atoms with E-state index in [2.05, 4.69) is 19.4 Å². The van der Waals surface area contributed by atoms with Crippen molar-refractivity contribution in [3.63, 3.8) is 0 Å². The van der Waals surface area contributed by atoms with E-state index < -0.39 is 6.61 Å². The Morgan fingerprint density at radius 1 is 1.21 bits per heavy atom. The van der Waals surface area contributed by atoms with E-state index in [0.29, 0.717) is 26.4 Å². The Morgan fingerprint density at radius 2 is 1.97 bits per heavy atom. The summed E-state index contributed by atoms with van der Waals surface area (Å²) < 4.78 is 33.9. The van der Waals surface area contributed by atoms with Crippen molar-refractivity contribution >= 4 is 55.6 Å². The molecular weight excluding hydrogens is 440 g/mol.